The summed E-state index contributed by atoms with van der Waals surface area (Å²) in [6.07, 6.45) is 4.92. The summed E-state index contributed by atoms with van der Waals surface area (Å²) >= 11 is 0. The number of rotatable bonds is 6. The van der Waals surface area contributed by atoms with Crippen LogP contribution in [0.25, 0.3) is 5.69 Å². The molecule has 5 nitrogen and oxygen atoms in total. The number of aromatic nitrogens is 2. The Morgan fingerprint density at radius 2 is 2.04 bits per heavy atom. The Bertz CT molecular complexity index is 875. The number of guanidine groups is 1. The maximum Gasteiger partial charge on any atom is 0.192 e. The van der Waals surface area contributed by atoms with E-state index in [9.17, 15) is 4.39 Å². The van der Waals surface area contributed by atoms with Crippen molar-refractivity contribution in [2.75, 3.05) is 6.54 Å². The molecule has 6 heteroatoms. The Morgan fingerprint density at radius 3 is 2.70 bits per heavy atom. The maximum absolute atomic E-state index is 14.4. The third kappa shape index (κ3) is 4.94. The van der Waals surface area contributed by atoms with Crippen LogP contribution in [0.5, 0.6) is 0 Å². The first-order chi connectivity index (χ1) is 13.2. The number of imidazole rings is 1. The first kappa shape index (κ1) is 18.6. The normalized spacial score (nSPS) is 12.6. The molecule has 140 valence electrons. The van der Waals surface area contributed by atoms with E-state index in [1.807, 2.05) is 31.2 Å². The largest absolute Gasteiger partial charge is 0.357 e. The van der Waals surface area contributed by atoms with Gasteiger partial charge in [-0.05, 0) is 37.1 Å². The Labute approximate surface area is 159 Å². The number of nitrogens with zero attached hydrogens (tertiary/aromatic N) is 3. The molecule has 0 radical (unpaired) electrons. The van der Waals surface area contributed by atoms with E-state index in [0.29, 0.717) is 18.2 Å². The zero-order valence-corrected chi connectivity index (χ0v) is 15.6. The van der Waals surface area contributed by atoms with E-state index in [4.69, 9.17) is 0 Å². The fourth-order valence-corrected chi connectivity index (χ4v) is 2.78. The molecule has 2 aromatic carbocycles. The summed E-state index contributed by atoms with van der Waals surface area (Å²) in [5.74, 6) is 0.407. The predicted octanol–water partition coefficient (Wildman–Crippen LogP) is 3.83. The molecule has 1 aromatic heterocycles. The fraction of sp³-hybridized carbons (Fsp3) is 0.238. The lowest BCUT2D eigenvalue weighted by molar-refractivity contribution is 0.615. The van der Waals surface area contributed by atoms with Crippen LogP contribution in [0, 0.1) is 5.82 Å². The topological polar surface area (TPSA) is 54.2 Å². The number of hydrogen-bond acceptors (Lipinski definition) is 2. The second-order valence-electron chi connectivity index (χ2n) is 6.23. The van der Waals surface area contributed by atoms with Gasteiger partial charge in [0.1, 0.15) is 5.82 Å². The molecule has 1 heterocycles. The quantitative estimate of drug-likeness (QED) is 0.516. The zero-order valence-electron chi connectivity index (χ0n) is 15.6. The van der Waals surface area contributed by atoms with E-state index in [1.165, 1.54) is 11.6 Å². The molecule has 0 aliphatic rings. The van der Waals surface area contributed by atoms with Crippen LogP contribution in [0.1, 0.15) is 31.0 Å². The summed E-state index contributed by atoms with van der Waals surface area (Å²) < 4.78 is 16.0. The lowest BCUT2D eigenvalue weighted by Crippen LogP contribution is -2.38. The molecule has 27 heavy (non-hydrogen) atoms. The van der Waals surface area contributed by atoms with Crippen molar-refractivity contribution >= 4 is 5.96 Å². The molecule has 2 N–H and O–H groups in total. The standard InChI is InChI=1S/C21H24FN5/c1-3-24-21(26-16(2)18-7-5-4-6-8-18)25-14-17-9-10-20(19(22)13-17)27-12-11-23-15-27/h4-13,15-16H,3,14H2,1-2H3,(H2,24,25,26). The zero-order chi connectivity index (χ0) is 19.1. The van der Waals surface area contributed by atoms with Gasteiger partial charge >= 0.3 is 0 Å². The van der Waals surface area contributed by atoms with E-state index in [-0.39, 0.29) is 11.9 Å². The van der Waals surface area contributed by atoms with Gasteiger partial charge in [0.2, 0.25) is 0 Å². The number of benzene rings is 2. The summed E-state index contributed by atoms with van der Waals surface area (Å²) in [4.78, 5) is 8.54. The maximum atomic E-state index is 14.4. The number of hydrogen-bond donors (Lipinski definition) is 2. The summed E-state index contributed by atoms with van der Waals surface area (Å²) in [5, 5.41) is 6.62. The molecule has 0 aliphatic heterocycles. The summed E-state index contributed by atoms with van der Waals surface area (Å²) in [7, 11) is 0. The molecule has 1 atom stereocenters. The number of halogens is 1. The second-order valence-corrected chi connectivity index (χ2v) is 6.23. The molecule has 0 spiro atoms. The molecular formula is C21H24FN5. The lowest BCUT2D eigenvalue weighted by atomic mass is 10.1. The lowest BCUT2D eigenvalue weighted by Gasteiger charge is -2.18. The minimum Gasteiger partial charge on any atom is -0.357 e. The summed E-state index contributed by atoms with van der Waals surface area (Å²) in [6.45, 7) is 5.24. The van der Waals surface area contributed by atoms with Gasteiger partial charge in [-0.1, -0.05) is 36.4 Å². The van der Waals surface area contributed by atoms with Crippen molar-refractivity contribution in [2.24, 2.45) is 4.99 Å². The first-order valence-corrected chi connectivity index (χ1v) is 9.04. The van der Waals surface area contributed by atoms with Gasteiger partial charge in [0.25, 0.3) is 0 Å². The van der Waals surface area contributed by atoms with Gasteiger partial charge in [0, 0.05) is 18.9 Å². The van der Waals surface area contributed by atoms with E-state index < -0.39 is 0 Å². The van der Waals surface area contributed by atoms with Gasteiger partial charge in [-0.3, -0.25) is 0 Å². The van der Waals surface area contributed by atoms with Crippen LogP contribution in [0.3, 0.4) is 0 Å². The smallest absolute Gasteiger partial charge is 0.192 e. The van der Waals surface area contributed by atoms with E-state index in [1.54, 1.807) is 29.4 Å². The van der Waals surface area contributed by atoms with Crippen LogP contribution < -0.4 is 10.6 Å². The molecule has 3 aromatic rings. The molecule has 0 amide bonds. The van der Waals surface area contributed by atoms with Gasteiger partial charge in [-0.2, -0.15) is 0 Å². The van der Waals surface area contributed by atoms with Crippen LogP contribution in [-0.4, -0.2) is 22.1 Å². The van der Waals surface area contributed by atoms with Crippen molar-refractivity contribution in [3.8, 4) is 5.69 Å². The highest BCUT2D eigenvalue weighted by molar-refractivity contribution is 5.80. The summed E-state index contributed by atoms with van der Waals surface area (Å²) in [5.41, 5.74) is 2.46. The highest BCUT2D eigenvalue weighted by Crippen LogP contribution is 2.16. The van der Waals surface area contributed by atoms with Crippen molar-refractivity contribution in [2.45, 2.75) is 26.4 Å². The minimum absolute atomic E-state index is 0.115. The minimum atomic E-state index is -0.295. The predicted molar refractivity (Wildman–Crippen MR) is 106 cm³/mol. The first-order valence-electron chi connectivity index (χ1n) is 9.04. The van der Waals surface area contributed by atoms with E-state index >= 15 is 0 Å². The second kappa shape index (κ2) is 8.98. The van der Waals surface area contributed by atoms with Crippen LogP contribution in [-0.2, 0) is 6.54 Å². The van der Waals surface area contributed by atoms with Crippen molar-refractivity contribution in [1.29, 1.82) is 0 Å². The molecule has 0 saturated heterocycles. The SMILES string of the molecule is CCNC(=NCc1ccc(-n2ccnc2)c(F)c1)NC(C)c1ccccc1. The Kier molecular flexibility index (Phi) is 6.20. The van der Waals surface area contributed by atoms with Gasteiger partial charge in [-0.25, -0.2) is 14.4 Å². The average molecular weight is 365 g/mol. The van der Waals surface area contributed by atoms with Gasteiger partial charge < -0.3 is 15.2 Å². The van der Waals surface area contributed by atoms with Crippen molar-refractivity contribution in [3.63, 3.8) is 0 Å². The van der Waals surface area contributed by atoms with Crippen LogP contribution in [0.15, 0.2) is 72.2 Å². The fourth-order valence-electron chi connectivity index (χ4n) is 2.78. The average Bonchev–Trinajstić information content (AvgIpc) is 3.21. The number of aliphatic imine (C=N–C) groups is 1. The molecular weight excluding hydrogens is 341 g/mol. The Morgan fingerprint density at radius 1 is 1.22 bits per heavy atom. The molecule has 0 bridgehead atoms. The Balaban J connectivity index is 1.70. The van der Waals surface area contributed by atoms with Gasteiger partial charge in [0.05, 0.1) is 24.6 Å². The highest BCUT2D eigenvalue weighted by Gasteiger charge is 2.08. The van der Waals surface area contributed by atoms with E-state index in [0.717, 1.165) is 12.1 Å². The number of nitrogens with one attached hydrogen (secondary N) is 2. The third-order valence-corrected chi connectivity index (χ3v) is 4.21. The van der Waals surface area contributed by atoms with Gasteiger partial charge in [0.15, 0.2) is 5.96 Å². The van der Waals surface area contributed by atoms with Crippen molar-refractivity contribution in [1.82, 2.24) is 20.2 Å². The molecule has 0 aliphatic carbocycles. The molecule has 0 fully saturated rings. The molecule has 1 unspecified atom stereocenters. The van der Waals surface area contributed by atoms with Crippen LogP contribution in [0.4, 0.5) is 4.39 Å². The van der Waals surface area contributed by atoms with E-state index in [2.05, 4.69) is 39.7 Å². The van der Waals surface area contributed by atoms with Crippen molar-refractivity contribution in [3.05, 3.63) is 84.2 Å². The summed E-state index contributed by atoms with van der Waals surface area (Å²) in [6, 6.07) is 15.4. The van der Waals surface area contributed by atoms with Crippen LogP contribution in [0.2, 0.25) is 0 Å². The van der Waals surface area contributed by atoms with Crippen molar-refractivity contribution < 1.29 is 4.39 Å². The monoisotopic (exact) mass is 365 g/mol. The van der Waals surface area contributed by atoms with Crippen LogP contribution >= 0.6 is 0 Å². The molecule has 0 saturated carbocycles. The third-order valence-electron chi connectivity index (χ3n) is 4.21. The van der Waals surface area contributed by atoms with Gasteiger partial charge in [-0.15, -0.1) is 0 Å². The molecule has 3 rings (SSSR count). The highest BCUT2D eigenvalue weighted by atomic mass is 19.1. The Hall–Kier alpha value is -3.15.